The molecular formula is C10H7ClF2N2O2. The van der Waals surface area contributed by atoms with Crippen LogP contribution >= 0.6 is 11.6 Å². The predicted molar refractivity (Wildman–Crippen MR) is 58.0 cm³/mol. The Morgan fingerprint density at radius 1 is 1.35 bits per heavy atom. The summed E-state index contributed by atoms with van der Waals surface area (Å²) < 4.78 is 32.9. The molecule has 1 heterocycles. The van der Waals surface area contributed by atoms with Crippen LogP contribution in [0, 0.1) is 0 Å². The van der Waals surface area contributed by atoms with E-state index in [9.17, 15) is 8.78 Å². The minimum atomic E-state index is -2.92. The molecule has 0 fully saturated rings. The summed E-state index contributed by atoms with van der Waals surface area (Å²) in [6, 6.07) is 5.80. The number of hydrogen-bond donors (Lipinski definition) is 1. The number of halogens is 3. The zero-order valence-corrected chi connectivity index (χ0v) is 9.12. The molecule has 0 bridgehead atoms. The summed E-state index contributed by atoms with van der Waals surface area (Å²) in [5.74, 6) is 0.0610. The fraction of sp³-hybridized carbons (Fsp3) is 0.100. The van der Waals surface area contributed by atoms with Crippen molar-refractivity contribution >= 4 is 17.5 Å². The first-order valence-corrected chi connectivity index (χ1v) is 4.91. The smallest absolute Gasteiger partial charge is 0.387 e. The lowest BCUT2D eigenvalue weighted by molar-refractivity contribution is -0.0497. The van der Waals surface area contributed by atoms with Crippen LogP contribution in [-0.4, -0.2) is 11.8 Å². The van der Waals surface area contributed by atoms with Crippen molar-refractivity contribution in [3.8, 4) is 17.0 Å². The molecule has 1 aromatic carbocycles. The highest BCUT2D eigenvalue weighted by Gasteiger charge is 2.11. The molecule has 4 nitrogen and oxygen atoms in total. The van der Waals surface area contributed by atoms with Crippen molar-refractivity contribution in [1.29, 1.82) is 0 Å². The van der Waals surface area contributed by atoms with Crippen LogP contribution in [0.4, 0.5) is 14.7 Å². The summed E-state index contributed by atoms with van der Waals surface area (Å²) in [6.45, 7) is -2.92. The lowest BCUT2D eigenvalue weighted by atomic mass is 10.1. The van der Waals surface area contributed by atoms with Crippen molar-refractivity contribution in [2.75, 3.05) is 5.73 Å². The Morgan fingerprint density at radius 2 is 2.12 bits per heavy atom. The summed E-state index contributed by atoms with van der Waals surface area (Å²) in [5, 5.41) is 3.73. The van der Waals surface area contributed by atoms with Crippen molar-refractivity contribution in [2.24, 2.45) is 0 Å². The van der Waals surface area contributed by atoms with Gasteiger partial charge in [-0.1, -0.05) is 16.8 Å². The summed E-state index contributed by atoms with van der Waals surface area (Å²) in [4.78, 5) is 0. The molecule has 0 saturated heterocycles. The molecular weight excluding hydrogens is 254 g/mol. The van der Waals surface area contributed by atoms with Crippen LogP contribution in [0.3, 0.4) is 0 Å². The second kappa shape index (κ2) is 4.58. The maximum absolute atomic E-state index is 12.0. The number of nitrogens with two attached hydrogens (primary N) is 1. The standard InChI is InChI=1S/C10H7ClF2N2O2/c11-6-3-5(7-4-9(14)17-15-7)1-2-8(6)16-10(12)13/h1-4,10H,14H2. The average molecular weight is 261 g/mol. The molecule has 0 unspecified atom stereocenters. The zero-order valence-electron chi connectivity index (χ0n) is 8.36. The average Bonchev–Trinajstić information content (AvgIpc) is 2.67. The second-order valence-corrected chi connectivity index (χ2v) is 3.55. The van der Waals surface area contributed by atoms with Crippen LogP contribution in [0.1, 0.15) is 0 Å². The van der Waals surface area contributed by atoms with Gasteiger partial charge in [-0.3, -0.25) is 0 Å². The molecule has 0 amide bonds. The Labute approximate surface area is 99.9 Å². The van der Waals surface area contributed by atoms with E-state index < -0.39 is 6.61 Å². The molecule has 7 heteroatoms. The largest absolute Gasteiger partial charge is 0.433 e. The van der Waals surface area contributed by atoms with E-state index in [2.05, 4.69) is 14.4 Å². The SMILES string of the molecule is Nc1cc(-c2ccc(OC(F)F)c(Cl)c2)no1. The zero-order chi connectivity index (χ0) is 12.4. The molecule has 0 aliphatic carbocycles. The van der Waals surface area contributed by atoms with Crippen LogP contribution in [0.25, 0.3) is 11.3 Å². The second-order valence-electron chi connectivity index (χ2n) is 3.14. The third kappa shape index (κ3) is 2.65. The van der Waals surface area contributed by atoms with Crippen molar-refractivity contribution < 1.29 is 18.0 Å². The highest BCUT2D eigenvalue weighted by atomic mass is 35.5. The lowest BCUT2D eigenvalue weighted by Gasteiger charge is -2.06. The Kier molecular flexibility index (Phi) is 3.14. The van der Waals surface area contributed by atoms with Gasteiger partial charge in [0.2, 0.25) is 5.88 Å². The fourth-order valence-corrected chi connectivity index (χ4v) is 1.50. The highest BCUT2D eigenvalue weighted by Crippen LogP contribution is 2.31. The van der Waals surface area contributed by atoms with E-state index in [1.807, 2.05) is 0 Å². The number of ether oxygens (including phenoxy) is 1. The first-order chi connectivity index (χ1) is 8.06. The number of nitrogen functional groups attached to an aromatic ring is 1. The minimum absolute atomic E-state index is 0.0596. The van der Waals surface area contributed by atoms with Gasteiger partial charge in [0.15, 0.2) is 0 Å². The number of rotatable bonds is 3. The van der Waals surface area contributed by atoms with Gasteiger partial charge in [-0.25, -0.2) is 0 Å². The fourth-order valence-electron chi connectivity index (χ4n) is 1.28. The van der Waals surface area contributed by atoms with Crippen LogP contribution < -0.4 is 10.5 Å². The predicted octanol–water partition coefficient (Wildman–Crippen LogP) is 3.18. The van der Waals surface area contributed by atoms with Crippen molar-refractivity contribution in [3.63, 3.8) is 0 Å². The molecule has 0 aliphatic rings. The molecule has 90 valence electrons. The normalized spacial score (nSPS) is 10.8. The van der Waals surface area contributed by atoms with Gasteiger partial charge in [-0.2, -0.15) is 8.78 Å². The first kappa shape index (κ1) is 11.7. The molecule has 1 aromatic heterocycles. The maximum Gasteiger partial charge on any atom is 0.387 e. The van der Waals surface area contributed by atoms with Crippen LogP contribution in [0.5, 0.6) is 5.75 Å². The van der Waals surface area contributed by atoms with E-state index >= 15 is 0 Å². The van der Waals surface area contributed by atoms with E-state index in [-0.39, 0.29) is 16.7 Å². The van der Waals surface area contributed by atoms with Crippen LogP contribution in [0.2, 0.25) is 5.02 Å². The number of aromatic nitrogens is 1. The molecule has 2 N–H and O–H groups in total. The van der Waals surface area contributed by atoms with Gasteiger partial charge in [-0.15, -0.1) is 0 Å². The Morgan fingerprint density at radius 3 is 2.65 bits per heavy atom. The van der Waals surface area contributed by atoms with Crippen molar-refractivity contribution in [1.82, 2.24) is 5.16 Å². The minimum Gasteiger partial charge on any atom is -0.433 e. The topological polar surface area (TPSA) is 61.3 Å². The number of anilines is 1. The highest BCUT2D eigenvalue weighted by molar-refractivity contribution is 6.32. The van der Waals surface area contributed by atoms with E-state index in [1.54, 1.807) is 0 Å². The molecule has 2 rings (SSSR count). The first-order valence-electron chi connectivity index (χ1n) is 4.53. The summed E-state index contributed by atoms with van der Waals surface area (Å²) in [6.07, 6.45) is 0. The molecule has 0 spiro atoms. The molecule has 17 heavy (non-hydrogen) atoms. The Balaban J connectivity index is 2.30. The monoisotopic (exact) mass is 260 g/mol. The summed E-state index contributed by atoms with van der Waals surface area (Å²) >= 11 is 5.78. The van der Waals surface area contributed by atoms with Gasteiger partial charge < -0.3 is 15.0 Å². The van der Waals surface area contributed by atoms with Gasteiger partial charge in [0, 0.05) is 11.6 Å². The molecule has 2 aromatic rings. The van der Waals surface area contributed by atoms with Crippen LogP contribution in [0.15, 0.2) is 28.8 Å². The van der Waals surface area contributed by atoms with Crippen molar-refractivity contribution in [3.05, 3.63) is 29.3 Å². The summed E-state index contributed by atoms with van der Waals surface area (Å²) in [5.41, 5.74) is 6.42. The molecule has 0 atom stereocenters. The Bertz CT molecular complexity index is 531. The van der Waals surface area contributed by atoms with Gasteiger partial charge in [0.05, 0.1) is 5.02 Å². The van der Waals surface area contributed by atoms with Gasteiger partial charge in [0.1, 0.15) is 11.4 Å². The summed E-state index contributed by atoms with van der Waals surface area (Å²) in [7, 11) is 0. The van der Waals surface area contributed by atoms with Gasteiger partial charge in [0.25, 0.3) is 0 Å². The quantitative estimate of drug-likeness (QED) is 0.921. The number of benzene rings is 1. The van der Waals surface area contributed by atoms with E-state index in [1.165, 1.54) is 24.3 Å². The lowest BCUT2D eigenvalue weighted by Crippen LogP contribution is -2.02. The van der Waals surface area contributed by atoms with Crippen molar-refractivity contribution in [2.45, 2.75) is 6.61 Å². The van der Waals surface area contributed by atoms with Gasteiger partial charge in [-0.05, 0) is 18.2 Å². The number of hydrogen-bond acceptors (Lipinski definition) is 4. The third-order valence-electron chi connectivity index (χ3n) is 1.97. The Hall–Kier alpha value is -1.82. The maximum atomic E-state index is 12.0. The number of nitrogens with zero attached hydrogens (tertiary/aromatic N) is 1. The van der Waals surface area contributed by atoms with E-state index in [4.69, 9.17) is 17.3 Å². The van der Waals surface area contributed by atoms with E-state index in [0.717, 1.165) is 0 Å². The number of alkyl halides is 2. The van der Waals surface area contributed by atoms with E-state index in [0.29, 0.717) is 11.3 Å². The molecule has 0 radical (unpaired) electrons. The van der Waals surface area contributed by atoms with Crippen LogP contribution in [-0.2, 0) is 0 Å². The third-order valence-corrected chi connectivity index (χ3v) is 2.27. The molecule has 0 saturated carbocycles. The van der Waals surface area contributed by atoms with Gasteiger partial charge >= 0.3 is 6.61 Å². The molecule has 0 aliphatic heterocycles.